The van der Waals surface area contributed by atoms with Gasteiger partial charge in [-0.1, -0.05) is 0 Å². The fourth-order valence-electron chi connectivity index (χ4n) is 1.76. The predicted molar refractivity (Wildman–Crippen MR) is 52.4 cm³/mol. The SMILES string of the molecule is COc1nnc(SC)c2c1CCC2. The first-order valence-corrected chi connectivity index (χ1v) is 5.55. The summed E-state index contributed by atoms with van der Waals surface area (Å²) in [6.07, 6.45) is 5.45. The highest BCUT2D eigenvalue weighted by Gasteiger charge is 2.20. The van der Waals surface area contributed by atoms with Crippen molar-refractivity contribution in [3.8, 4) is 5.88 Å². The Hall–Kier alpha value is -0.770. The molecule has 1 aliphatic carbocycles. The summed E-state index contributed by atoms with van der Waals surface area (Å²) >= 11 is 1.66. The zero-order chi connectivity index (χ0) is 9.26. The van der Waals surface area contributed by atoms with Gasteiger partial charge in [-0.3, -0.25) is 0 Å². The van der Waals surface area contributed by atoms with Crippen LogP contribution in [0.15, 0.2) is 5.03 Å². The van der Waals surface area contributed by atoms with E-state index in [1.165, 1.54) is 17.5 Å². The lowest BCUT2D eigenvalue weighted by atomic mass is 10.2. The molecule has 0 fully saturated rings. The van der Waals surface area contributed by atoms with Crippen molar-refractivity contribution in [1.29, 1.82) is 0 Å². The van der Waals surface area contributed by atoms with E-state index in [0.717, 1.165) is 17.9 Å². The molecule has 3 nitrogen and oxygen atoms in total. The maximum atomic E-state index is 5.17. The van der Waals surface area contributed by atoms with Crippen molar-refractivity contribution >= 4 is 11.8 Å². The number of nitrogens with zero attached hydrogens (tertiary/aromatic N) is 2. The molecule has 1 aromatic heterocycles. The van der Waals surface area contributed by atoms with Crippen molar-refractivity contribution in [3.05, 3.63) is 11.1 Å². The van der Waals surface area contributed by atoms with Gasteiger partial charge in [-0.05, 0) is 31.1 Å². The molecular formula is C9H12N2OS. The van der Waals surface area contributed by atoms with Gasteiger partial charge in [-0.2, -0.15) is 0 Å². The van der Waals surface area contributed by atoms with E-state index in [1.54, 1.807) is 18.9 Å². The smallest absolute Gasteiger partial charge is 0.236 e. The summed E-state index contributed by atoms with van der Waals surface area (Å²) < 4.78 is 5.17. The first-order chi connectivity index (χ1) is 6.36. The second-order valence-electron chi connectivity index (χ2n) is 3.03. The summed E-state index contributed by atoms with van der Waals surface area (Å²) in [7, 11) is 1.65. The lowest BCUT2D eigenvalue weighted by Crippen LogP contribution is -1.99. The third-order valence-corrected chi connectivity index (χ3v) is 3.07. The van der Waals surface area contributed by atoms with Gasteiger partial charge in [0.05, 0.1) is 7.11 Å². The van der Waals surface area contributed by atoms with Gasteiger partial charge in [0.15, 0.2) is 0 Å². The van der Waals surface area contributed by atoms with Crippen LogP contribution in [0.4, 0.5) is 0 Å². The van der Waals surface area contributed by atoms with Gasteiger partial charge in [-0.15, -0.1) is 22.0 Å². The third kappa shape index (κ3) is 1.39. The standard InChI is InChI=1S/C9H12N2OS/c1-12-8-6-4-3-5-7(6)9(13-2)11-10-8/h3-5H2,1-2H3. The minimum atomic E-state index is 0.713. The minimum Gasteiger partial charge on any atom is -0.480 e. The van der Waals surface area contributed by atoms with Crippen LogP contribution < -0.4 is 4.74 Å². The number of hydrogen-bond donors (Lipinski definition) is 0. The summed E-state index contributed by atoms with van der Waals surface area (Å²) in [6, 6.07) is 0. The van der Waals surface area contributed by atoms with Crippen molar-refractivity contribution < 1.29 is 4.74 Å². The van der Waals surface area contributed by atoms with E-state index in [9.17, 15) is 0 Å². The number of ether oxygens (including phenoxy) is 1. The van der Waals surface area contributed by atoms with Crippen LogP contribution in [0, 0.1) is 0 Å². The summed E-state index contributed by atoms with van der Waals surface area (Å²) in [4.78, 5) is 0. The largest absolute Gasteiger partial charge is 0.480 e. The van der Waals surface area contributed by atoms with Crippen LogP contribution >= 0.6 is 11.8 Å². The van der Waals surface area contributed by atoms with Gasteiger partial charge in [0.2, 0.25) is 5.88 Å². The van der Waals surface area contributed by atoms with Crippen molar-refractivity contribution in [1.82, 2.24) is 10.2 Å². The highest BCUT2D eigenvalue weighted by atomic mass is 32.2. The Bertz CT molecular complexity index is 297. The first-order valence-electron chi connectivity index (χ1n) is 4.33. The zero-order valence-corrected chi connectivity index (χ0v) is 8.65. The number of hydrogen-bond acceptors (Lipinski definition) is 4. The molecule has 0 N–H and O–H groups in total. The summed E-state index contributed by atoms with van der Waals surface area (Å²) in [5.74, 6) is 0.713. The van der Waals surface area contributed by atoms with Gasteiger partial charge in [0.1, 0.15) is 5.03 Å². The Morgan fingerprint density at radius 1 is 1.23 bits per heavy atom. The van der Waals surface area contributed by atoms with E-state index < -0.39 is 0 Å². The molecule has 1 heterocycles. The number of rotatable bonds is 2. The van der Waals surface area contributed by atoms with Crippen LogP contribution in [0.2, 0.25) is 0 Å². The minimum absolute atomic E-state index is 0.713. The topological polar surface area (TPSA) is 35.0 Å². The third-order valence-electron chi connectivity index (χ3n) is 2.35. The van der Waals surface area contributed by atoms with Crippen LogP contribution in [0.3, 0.4) is 0 Å². The summed E-state index contributed by atoms with van der Waals surface area (Å²) in [5, 5.41) is 9.24. The molecule has 2 rings (SSSR count). The molecule has 13 heavy (non-hydrogen) atoms. The molecule has 4 heteroatoms. The Morgan fingerprint density at radius 2 is 2.00 bits per heavy atom. The number of aromatic nitrogens is 2. The van der Waals surface area contributed by atoms with Crippen molar-refractivity contribution in [2.45, 2.75) is 24.3 Å². The molecule has 0 saturated carbocycles. The van der Waals surface area contributed by atoms with Crippen LogP contribution in [-0.2, 0) is 12.8 Å². The molecule has 0 spiro atoms. The Kier molecular flexibility index (Phi) is 2.40. The highest BCUT2D eigenvalue weighted by Crippen LogP contribution is 2.33. The molecule has 0 radical (unpaired) electrons. The Labute approximate surface area is 81.9 Å². The maximum absolute atomic E-state index is 5.17. The summed E-state index contributed by atoms with van der Waals surface area (Å²) in [5.41, 5.74) is 2.61. The average molecular weight is 196 g/mol. The molecular weight excluding hydrogens is 184 g/mol. The number of thioether (sulfide) groups is 1. The molecule has 1 aliphatic rings. The van der Waals surface area contributed by atoms with Crippen LogP contribution in [0.5, 0.6) is 5.88 Å². The van der Waals surface area contributed by atoms with Crippen molar-refractivity contribution in [3.63, 3.8) is 0 Å². The fraction of sp³-hybridized carbons (Fsp3) is 0.556. The Morgan fingerprint density at radius 3 is 2.69 bits per heavy atom. The summed E-state index contributed by atoms with van der Waals surface area (Å²) in [6.45, 7) is 0. The monoisotopic (exact) mass is 196 g/mol. The second kappa shape index (κ2) is 3.54. The van der Waals surface area contributed by atoms with Gasteiger partial charge in [-0.25, -0.2) is 0 Å². The Balaban J connectivity index is 2.52. The van der Waals surface area contributed by atoms with E-state index in [-0.39, 0.29) is 0 Å². The van der Waals surface area contributed by atoms with Gasteiger partial charge < -0.3 is 4.74 Å². The van der Waals surface area contributed by atoms with Crippen LogP contribution in [0.1, 0.15) is 17.5 Å². The fourth-order valence-corrected chi connectivity index (χ4v) is 2.35. The quantitative estimate of drug-likeness (QED) is 0.674. The molecule has 0 unspecified atom stereocenters. The first kappa shape index (κ1) is 8.81. The predicted octanol–water partition coefficient (Wildman–Crippen LogP) is 1.70. The van der Waals surface area contributed by atoms with E-state index in [2.05, 4.69) is 10.2 Å². The van der Waals surface area contributed by atoms with Crippen molar-refractivity contribution in [2.24, 2.45) is 0 Å². The maximum Gasteiger partial charge on any atom is 0.236 e. The second-order valence-corrected chi connectivity index (χ2v) is 3.82. The lowest BCUT2D eigenvalue weighted by molar-refractivity contribution is 0.385. The van der Waals surface area contributed by atoms with E-state index >= 15 is 0 Å². The molecule has 0 aliphatic heterocycles. The highest BCUT2D eigenvalue weighted by molar-refractivity contribution is 7.98. The molecule has 70 valence electrons. The van der Waals surface area contributed by atoms with Crippen LogP contribution in [0.25, 0.3) is 0 Å². The van der Waals surface area contributed by atoms with Gasteiger partial charge in [0, 0.05) is 5.56 Å². The molecule has 0 bridgehead atoms. The van der Waals surface area contributed by atoms with Crippen molar-refractivity contribution in [2.75, 3.05) is 13.4 Å². The molecule has 0 saturated heterocycles. The average Bonchev–Trinajstić information content (AvgIpc) is 2.64. The molecule has 1 aromatic rings. The molecule has 0 amide bonds. The van der Waals surface area contributed by atoms with Gasteiger partial charge in [0.25, 0.3) is 0 Å². The number of methoxy groups -OCH3 is 1. The lowest BCUT2D eigenvalue weighted by Gasteiger charge is -2.07. The van der Waals surface area contributed by atoms with E-state index in [1.807, 2.05) is 6.26 Å². The van der Waals surface area contributed by atoms with Gasteiger partial charge >= 0.3 is 0 Å². The molecule has 0 aromatic carbocycles. The zero-order valence-electron chi connectivity index (χ0n) is 7.83. The van der Waals surface area contributed by atoms with Crippen LogP contribution in [-0.4, -0.2) is 23.6 Å². The normalized spacial score (nSPS) is 14.3. The number of fused-ring (bicyclic) bond motifs is 1. The van der Waals surface area contributed by atoms with E-state index in [0.29, 0.717) is 5.88 Å². The molecule has 0 atom stereocenters. The van der Waals surface area contributed by atoms with E-state index in [4.69, 9.17) is 4.74 Å².